The summed E-state index contributed by atoms with van der Waals surface area (Å²) >= 11 is 0. The van der Waals surface area contributed by atoms with Gasteiger partial charge < -0.3 is 10.6 Å². The van der Waals surface area contributed by atoms with Gasteiger partial charge in [0.1, 0.15) is 0 Å². The normalized spacial score (nSPS) is 17.1. The molecule has 0 bridgehead atoms. The van der Waals surface area contributed by atoms with Crippen LogP contribution in [0, 0.1) is 0 Å². The van der Waals surface area contributed by atoms with Gasteiger partial charge in [-0.05, 0) is 61.6 Å². The molecule has 154 valence electrons. The van der Waals surface area contributed by atoms with Gasteiger partial charge in [-0.15, -0.1) is 0 Å². The van der Waals surface area contributed by atoms with Crippen LogP contribution in [0.1, 0.15) is 43.9 Å². The van der Waals surface area contributed by atoms with E-state index in [0.717, 1.165) is 24.8 Å². The molecule has 0 saturated carbocycles. The first kappa shape index (κ1) is 21.0. The minimum absolute atomic E-state index is 0.0225. The van der Waals surface area contributed by atoms with Gasteiger partial charge in [0.2, 0.25) is 21.8 Å². The van der Waals surface area contributed by atoms with E-state index < -0.39 is 16.1 Å². The molecule has 0 radical (unpaired) electrons. The van der Waals surface area contributed by atoms with Gasteiger partial charge in [-0.25, -0.2) is 8.42 Å². The Labute approximate surface area is 171 Å². The maximum Gasteiger partial charge on any atom is 0.241 e. The molecule has 1 aliphatic carbocycles. The summed E-state index contributed by atoms with van der Waals surface area (Å²) in [5, 5.41) is 5.54. The third kappa shape index (κ3) is 5.21. The average Bonchev–Trinajstić information content (AvgIpc) is 2.68. The van der Waals surface area contributed by atoms with E-state index in [0.29, 0.717) is 5.69 Å². The maximum absolute atomic E-state index is 12.6. The Balaban J connectivity index is 1.65. The number of rotatable bonds is 6. The van der Waals surface area contributed by atoms with Gasteiger partial charge >= 0.3 is 0 Å². The van der Waals surface area contributed by atoms with E-state index in [4.69, 9.17) is 0 Å². The summed E-state index contributed by atoms with van der Waals surface area (Å²) in [6, 6.07) is 12.7. The number of anilines is 1. The highest BCUT2D eigenvalue weighted by Gasteiger charge is 2.26. The summed E-state index contributed by atoms with van der Waals surface area (Å²) in [4.78, 5) is 23.7. The fourth-order valence-corrected chi connectivity index (χ4v) is 4.68. The Morgan fingerprint density at radius 2 is 1.76 bits per heavy atom. The predicted octanol–water partition coefficient (Wildman–Crippen LogP) is 2.51. The summed E-state index contributed by atoms with van der Waals surface area (Å²) in [6.45, 7) is 2.89. The van der Waals surface area contributed by atoms with Crippen LogP contribution in [0.15, 0.2) is 53.4 Å². The number of nitrogens with one attached hydrogen (secondary N) is 3. The molecule has 2 aromatic rings. The van der Waals surface area contributed by atoms with Crippen molar-refractivity contribution in [3.8, 4) is 0 Å². The second-order valence-corrected chi connectivity index (χ2v) is 8.91. The molecule has 0 aromatic heterocycles. The highest BCUT2D eigenvalue weighted by Crippen LogP contribution is 2.29. The van der Waals surface area contributed by atoms with E-state index in [-0.39, 0.29) is 22.8 Å². The standard InChI is InChI=1S/C21H25N3O4S/c1-14(21(26)23-20-9-5-7-16-6-3-4-8-19(16)20)24-29(27,28)18-12-10-17(11-13-18)22-15(2)25/h3-4,6,8,10-14,20,24H,5,7,9H2,1-2H3,(H,22,25)(H,23,26)/t14-,20?/m0/s1. The first-order chi connectivity index (χ1) is 13.8. The van der Waals surface area contributed by atoms with Crippen molar-refractivity contribution in [3.05, 3.63) is 59.7 Å². The maximum atomic E-state index is 12.6. The van der Waals surface area contributed by atoms with Crippen molar-refractivity contribution in [2.75, 3.05) is 5.32 Å². The fraction of sp³-hybridized carbons (Fsp3) is 0.333. The van der Waals surface area contributed by atoms with Crippen molar-refractivity contribution in [3.63, 3.8) is 0 Å². The van der Waals surface area contributed by atoms with Crippen molar-refractivity contribution in [1.82, 2.24) is 10.0 Å². The van der Waals surface area contributed by atoms with Crippen LogP contribution >= 0.6 is 0 Å². The summed E-state index contributed by atoms with van der Waals surface area (Å²) < 4.78 is 27.6. The first-order valence-electron chi connectivity index (χ1n) is 9.54. The second kappa shape index (κ2) is 8.75. The summed E-state index contributed by atoms with van der Waals surface area (Å²) in [5.74, 6) is -0.613. The van der Waals surface area contributed by atoms with E-state index >= 15 is 0 Å². The van der Waals surface area contributed by atoms with Gasteiger partial charge in [-0.3, -0.25) is 9.59 Å². The van der Waals surface area contributed by atoms with Crippen LogP contribution in [-0.4, -0.2) is 26.3 Å². The lowest BCUT2D eigenvalue weighted by atomic mass is 9.87. The number of carbonyl (C=O) groups is 2. The number of aryl methyl sites for hydroxylation is 1. The Hall–Kier alpha value is -2.71. The molecule has 1 aliphatic rings. The number of carbonyl (C=O) groups excluding carboxylic acids is 2. The monoisotopic (exact) mass is 415 g/mol. The zero-order chi connectivity index (χ0) is 21.0. The van der Waals surface area contributed by atoms with Crippen molar-refractivity contribution in [2.24, 2.45) is 0 Å². The average molecular weight is 416 g/mol. The molecule has 2 amide bonds. The van der Waals surface area contributed by atoms with Gasteiger partial charge in [-0.2, -0.15) is 4.72 Å². The lowest BCUT2D eigenvalue weighted by molar-refractivity contribution is -0.123. The molecule has 0 aliphatic heterocycles. The number of sulfonamides is 1. The van der Waals surface area contributed by atoms with Crippen LogP contribution in [0.2, 0.25) is 0 Å². The third-order valence-electron chi connectivity index (χ3n) is 4.90. The van der Waals surface area contributed by atoms with E-state index in [1.807, 2.05) is 18.2 Å². The molecule has 0 spiro atoms. The fourth-order valence-electron chi connectivity index (χ4n) is 3.48. The van der Waals surface area contributed by atoms with E-state index in [2.05, 4.69) is 21.4 Å². The SMILES string of the molecule is CC(=O)Nc1ccc(S(=O)(=O)N[C@@H](C)C(=O)NC2CCCc3ccccc32)cc1. The van der Waals surface area contributed by atoms with Crippen LogP contribution in [0.4, 0.5) is 5.69 Å². The quantitative estimate of drug-likeness (QED) is 0.674. The zero-order valence-corrected chi connectivity index (χ0v) is 17.3. The number of hydrogen-bond acceptors (Lipinski definition) is 4. The van der Waals surface area contributed by atoms with Crippen molar-refractivity contribution >= 4 is 27.5 Å². The predicted molar refractivity (Wildman–Crippen MR) is 111 cm³/mol. The van der Waals surface area contributed by atoms with Gasteiger partial charge in [0, 0.05) is 12.6 Å². The molecule has 2 atom stereocenters. The summed E-state index contributed by atoms with van der Waals surface area (Å²) in [6.07, 6.45) is 2.79. The smallest absolute Gasteiger partial charge is 0.241 e. The first-order valence-corrected chi connectivity index (χ1v) is 11.0. The largest absolute Gasteiger partial charge is 0.348 e. The van der Waals surface area contributed by atoms with E-state index in [1.165, 1.54) is 43.7 Å². The Morgan fingerprint density at radius 1 is 1.07 bits per heavy atom. The molecule has 7 nitrogen and oxygen atoms in total. The molecule has 3 rings (SSSR count). The number of benzene rings is 2. The number of fused-ring (bicyclic) bond motifs is 1. The summed E-state index contributed by atoms with van der Waals surface area (Å²) in [5.41, 5.74) is 2.81. The molecule has 3 N–H and O–H groups in total. The van der Waals surface area contributed by atoms with Crippen LogP contribution in [0.5, 0.6) is 0 Å². The molecule has 8 heteroatoms. The molecular weight excluding hydrogens is 390 g/mol. The molecule has 29 heavy (non-hydrogen) atoms. The Morgan fingerprint density at radius 3 is 2.45 bits per heavy atom. The Kier molecular flexibility index (Phi) is 6.34. The molecular formula is C21H25N3O4S. The lowest BCUT2D eigenvalue weighted by Gasteiger charge is -2.27. The molecule has 2 aromatic carbocycles. The van der Waals surface area contributed by atoms with E-state index in [1.54, 1.807) is 0 Å². The minimum atomic E-state index is -3.87. The van der Waals surface area contributed by atoms with Crippen LogP contribution < -0.4 is 15.4 Å². The van der Waals surface area contributed by atoms with Gasteiger partial charge in [0.15, 0.2) is 0 Å². The van der Waals surface area contributed by atoms with Crippen LogP contribution in [-0.2, 0) is 26.0 Å². The highest BCUT2D eigenvalue weighted by molar-refractivity contribution is 7.89. The third-order valence-corrected chi connectivity index (χ3v) is 6.45. The second-order valence-electron chi connectivity index (χ2n) is 7.20. The van der Waals surface area contributed by atoms with Crippen molar-refractivity contribution in [2.45, 2.75) is 50.1 Å². The number of hydrogen-bond donors (Lipinski definition) is 3. The van der Waals surface area contributed by atoms with Gasteiger partial charge in [0.25, 0.3) is 0 Å². The molecule has 0 fully saturated rings. The lowest BCUT2D eigenvalue weighted by Crippen LogP contribution is -2.46. The highest BCUT2D eigenvalue weighted by atomic mass is 32.2. The van der Waals surface area contributed by atoms with Gasteiger partial charge in [0.05, 0.1) is 17.0 Å². The van der Waals surface area contributed by atoms with Crippen LogP contribution in [0.25, 0.3) is 0 Å². The van der Waals surface area contributed by atoms with Gasteiger partial charge in [-0.1, -0.05) is 24.3 Å². The van der Waals surface area contributed by atoms with Crippen molar-refractivity contribution in [1.29, 1.82) is 0 Å². The van der Waals surface area contributed by atoms with Crippen LogP contribution in [0.3, 0.4) is 0 Å². The van der Waals surface area contributed by atoms with E-state index in [9.17, 15) is 18.0 Å². The minimum Gasteiger partial charge on any atom is -0.348 e. The molecule has 0 saturated heterocycles. The Bertz CT molecular complexity index is 1000. The zero-order valence-electron chi connectivity index (χ0n) is 16.4. The topological polar surface area (TPSA) is 104 Å². The number of amides is 2. The molecule has 1 unspecified atom stereocenters. The molecule has 0 heterocycles. The summed E-state index contributed by atoms with van der Waals surface area (Å²) in [7, 11) is -3.87. The van der Waals surface area contributed by atoms with Crippen molar-refractivity contribution < 1.29 is 18.0 Å².